The molecular weight excluding hydrogens is 172 g/mol. The van der Waals surface area contributed by atoms with Gasteiger partial charge in [0.1, 0.15) is 6.29 Å². The zero-order valence-corrected chi connectivity index (χ0v) is 7.26. The third kappa shape index (κ3) is 1.01. The van der Waals surface area contributed by atoms with E-state index in [1.165, 1.54) is 11.3 Å². The van der Waals surface area contributed by atoms with E-state index in [4.69, 9.17) is 0 Å². The number of thiophene rings is 1. The van der Waals surface area contributed by atoms with Crippen LogP contribution in [0.15, 0.2) is 11.4 Å². The zero-order chi connectivity index (χ0) is 8.55. The fourth-order valence-corrected chi connectivity index (χ4v) is 2.45. The molecule has 0 aliphatic heterocycles. The highest BCUT2D eigenvalue weighted by molar-refractivity contribution is 7.12. The summed E-state index contributed by atoms with van der Waals surface area (Å²) >= 11 is 1.44. The van der Waals surface area contributed by atoms with E-state index < -0.39 is 0 Å². The summed E-state index contributed by atoms with van der Waals surface area (Å²) in [5.41, 5.74) is 1.11. The van der Waals surface area contributed by atoms with Gasteiger partial charge in [-0.25, -0.2) is 0 Å². The third-order valence-corrected chi connectivity index (χ3v) is 3.17. The van der Waals surface area contributed by atoms with Gasteiger partial charge in [-0.3, -0.25) is 4.79 Å². The van der Waals surface area contributed by atoms with Crippen molar-refractivity contribution in [2.45, 2.75) is 12.8 Å². The first-order chi connectivity index (χ1) is 5.83. The van der Waals surface area contributed by atoms with Crippen molar-refractivity contribution < 1.29 is 9.59 Å². The number of rotatable bonds is 1. The lowest BCUT2D eigenvalue weighted by Gasteiger charge is -2.14. The molecule has 0 saturated heterocycles. The molecule has 62 valence electrons. The van der Waals surface area contributed by atoms with E-state index in [1.807, 2.05) is 11.4 Å². The number of fused-ring (bicyclic) bond motifs is 1. The van der Waals surface area contributed by atoms with Crippen molar-refractivity contribution >= 4 is 23.4 Å². The molecule has 1 atom stereocenters. The number of aldehydes is 1. The predicted molar refractivity (Wildman–Crippen MR) is 46.5 cm³/mol. The summed E-state index contributed by atoms with van der Waals surface area (Å²) < 4.78 is 0. The van der Waals surface area contributed by atoms with Gasteiger partial charge in [-0.1, -0.05) is 0 Å². The number of ketones is 1. The molecule has 0 fully saturated rings. The molecule has 0 aromatic carbocycles. The number of Topliss-reactive ketones (excluding diaryl/α,β-unsaturated/α-hetero) is 1. The van der Waals surface area contributed by atoms with Gasteiger partial charge < -0.3 is 4.79 Å². The number of hydrogen-bond donors (Lipinski definition) is 0. The Bertz CT molecular complexity index is 327. The molecule has 0 saturated carbocycles. The fourth-order valence-electron chi connectivity index (χ4n) is 1.49. The summed E-state index contributed by atoms with van der Waals surface area (Å²) in [5, 5.41) is 1.91. The van der Waals surface area contributed by atoms with Crippen LogP contribution >= 0.6 is 11.3 Å². The smallest absolute Gasteiger partial charge is 0.183 e. The van der Waals surface area contributed by atoms with Gasteiger partial charge in [-0.2, -0.15) is 0 Å². The van der Waals surface area contributed by atoms with Crippen molar-refractivity contribution in [3.8, 4) is 0 Å². The maximum atomic E-state index is 11.5. The number of carbonyl (C=O) groups is 2. The van der Waals surface area contributed by atoms with Gasteiger partial charge in [0, 0.05) is 0 Å². The van der Waals surface area contributed by atoms with Crippen molar-refractivity contribution in [3.05, 3.63) is 21.9 Å². The molecule has 1 aliphatic carbocycles. The molecule has 1 aliphatic rings. The first kappa shape index (κ1) is 7.68. The highest BCUT2D eigenvalue weighted by atomic mass is 32.1. The average Bonchev–Trinajstić information content (AvgIpc) is 2.53. The Balaban J connectivity index is 2.41. The number of aryl methyl sites for hydroxylation is 1. The van der Waals surface area contributed by atoms with E-state index in [-0.39, 0.29) is 11.7 Å². The van der Waals surface area contributed by atoms with Crippen LogP contribution in [0.1, 0.15) is 21.7 Å². The van der Waals surface area contributed by atoms with Crippen LogP contribution in [-0.2, 0) is 11.2 Å². The lowest BCUT2D eigenvalue weighted by atomic mass is 9.89. The molecule has 1 aromatic rings. The predicted octanol–water partition coefficient (Wildman–Crippen LogP) is 1.69. The fraction of sp³-hybridized carbons (Fsp3) is 0.333. The lowest BCUT2D eigenvalue weighted by molar-refractivity contribution is -0.110. The molecule has 0 amide bonds. The van der Waals surface area contributed by atoms with Crippen molar-refractivity contribution in [3.63, 3.8) is 0 Å². The maximum Gasteiger partial charge on any atom is 0.183 e. The van der Waals surface area contributed by atoms with Gasteiger partial charge in [0.15, 0.2) is 5.78 Å². The lowest BCUT2D eigenvalue weighted by Crippen LogP contribution is -2.21. The monoisotopic (exact) mass is 180 g/mol. The summed E-state index contributed by atoms with van der Waals surface area (Å²) in [6.45, 7) is 0. The Kier molecular flexibility index (Phi) is 1.81. The summed E-state index contributed by atoms with van der Waals surface area (Å²) in [5.74, 6) is -0.364. The van der Waals surface area contributed by atoms with Gasteiger partial charge in [0.25, 0.3) is 0 Å². The van der Waals surface area contributed by atoms with Gasteiger partial charge in [0.2, 0.25) is 0 Å². The highest BCUT2D eigenvalue weighted by Crippen LogP contribution is 2.28. The highest BCUT2D eigenvalue weighted by Gasteiger charge is 2.27. The Morgan fingerprint density at radius 1 is 1.58 bits per heavy atom. The summed E-state index contributed by atoms with van der Waals surface area (Å²) in [4.78, 5) is 22.8. The molecule has 0 spiro atoms. The second kappa shape index (κ2) is 2.83. The van der Waals surface area contributed by atoms with Crippen LogP contribution in [0.2, 0.25) is 0 Å². The minimum absolute atomic E-state index is 0.0150. The van der Waals surface area contributed by atoms with Gasteiger partial charge in [-0.15, -0.1) is 11.3 Å². The van der Waals surface area contributed by atoms with Crippen molar-refractivity contribution in [1.29, 1.82) is 0 Å². The largest absolute Gasteiger partial charge is 0.303 e. The van der Waals surface area contributed by atoms with Crippen LogP contribution < -0.4 is 0 Å². The quantitative estimate of drug-likeness (QED) is 0.487. The van der Waals surface area contributed by atoms with E-state index >= 15 is 0 Å². The standard InChI is InChI=1S/C9H8O2S/c10-5-7-2-1-6-3-4-12-9(6)8(7)11/h3-5,7H,1-2H2. The molecule has 3 heteroatoms. The molecule has 12 heavy (non-hydrogen) atoms. The van der Waals surface area contributed by atoms with Crippen molar-refractivity contribution in [2.24, 2.45) is 5.92 Å². The molecule has 1 aromatic heterocycles. The SMILES string of the molecule is O=CC1CCc2ccsc2C1=O. The van der Waals surface area contributed by atoms with Gasteiger partial charge in [-0.05, 0) is 29.9 Å². The summed E-state index contributed by atoms with van der Waals surface area (Å²) in [7, 11) is 0. The Morgan fingerprint density at radius 2 is 2.42 bits per heavy atom. The second-order valence-corrected chi connectivity index (χ2v) is 3.84. The molecule has 0 radical (unpaired) electrons. The van der Waals surface area contributed by atoms with Crippen LogP contribution in [0, 0.1) is 5.92 Å². The zero-order valence-electron chi connectivity index (χ0n) is 6.45. The normalized spacial score (nSPS) is 22.0. The third-order valence-electron chi connectivity index (χ3n) is 2.20. The average molecular weight is 180 g/mol. The summed E-state index contributed by atoms with van der Waals surface area (Å²) in [6.07, 6.45) is 2.32. The van der Waals surface area contributed by atoms with Crippen LogP contribution in [-0.4, -0.2) is 12.1 Å². The van der Waals surface area contributed by atoms with E-state index in [2.05, 4.69) is 0 Å². The maximum absolute atomic E-state index is 11.5. The molecule has 1 heterocycles. The van der Waals surface area contributed by atoms with E-state index in [0.717, 1.165) is 23.1 Å². The van der Waals surface area contributed by atoms with Crippen LogP contribution in [0.3, 0.4) is 0 Å². The second-order valence-electron chi connectivity index (χ2n) is 2.92. The van der Waals surface area contributed by atoms with Crippen LogP contribution in [0.4, 0.5) is 0 Å². The molecule has 2 rings (SSSR count). The van der Waals surface area contributed by atoms with Crippen molar-refractivity contribution in [2.75, 3.05) is 0 Å². The molecule has 0 bridgehead atoms. The van der Waals surface area contributed by atoms with Crippen LogP contribution in [0.25, 0.3) is 0 Å². The number of hydrogen-bond acceptors (Lipinski definition) is 3. The summed E-state index contributed by atoms with van der Waals surface area (Å²) in [6, 6.07) is 1.97. The molecular formula is C9H8O2S. The van der Waals surface area contributed by atoms with Crippen LogP contribution in [0.5, 0.6) is 0 Å². The molecule has 0 N–H and O–H groups in total. The first-order valence-electron chi connectivity index (χ1n) is 3.89. The number of carbonyl (C=O) groups excluding carboxylic acids is 2. The van der Waals surface area contributed by atoms with E-state index in [0.29, 0.717) is 6.42 Å². The first-order valence-corrected chi connectivity index (χ1v) is 4.77. The van der Waals surface area contributed by atoms with Crippen molar-refractivity contribution in [1.82, 2.24) is 0 Å². The molecule has 2 nitrogen and oxygen atoms in total. The van der Waals surface area contributed by atoms with E-state index in [1.54, 1.807) is 0 Å². The Hall–Kier alpha value is -0.960. The minimum Gasteiger partial charge on any atom is -0.303 e. The van der Waals surface area contributed by atoms with E-state index in [9.17, 15) is 9.59 Å². The molecule has 1 unspecified atom stereocenters. The Labute approximate surface area is 74.2 Å². The minimum atomic E-state index is -0.379. The topological polar surface area (TPSA) is 34.1 Å². The van der Waals surface area contributed by atoms with Gasteiger partial charge in [0.05, 0.1) is 10.8 Å². The Morgan fingerprint density at radius 3 is 3.17 bits per heavy atom. The van der Waals surface area contributed by atoms with Gasteiger partial charge >= 0.3 is 0 Å².